The number of fused-ring (bicyclic) bond motifs is 2. The number of nitrogens with zero attached hydrogens (tertiary/aromatic N) is 5. The predicted molar refractivity (Wildman–Crippen MR) is 78.0 cm³/mol. The van der Waals surface area contributed by atoms with E-state index in [0.717, 1.165) is 26.2 Å². The van der Waals surface area contributed by atoms with Crippen molar-refractivity contribution in [2.75, 3.05) is 42.8 Å². The maximum absolute atomic E-state index is 6.12. The molecule has 2 unspecified atom stereocenters. The average Bonchev–Trinajstić information content (AvgIpc) is 2.47. The zero-order chi connectivity index (χ0) is 14.4. The highest BCUT2D eigenvalue weighted by molar-refractivity contribution is 6.28. The van der Waals surface area contributed by atoms with Gasteiger partial charge in [0.25, 0.3) is 0 Å². The fraction of sp³-hybridized carbons (Fsp3) is 0.769. The lowest BCUT2D eigenvalue weighted by atomic mass is 9.92. The van der Waals surface area contributed by atoms with Crippen LogP contribution in [0, 0.1) is 0 Å². The van der Waals surface area contributed by atoms with Crippen LogP contribution in [0.2, 0.25) is 5.28 Å². The lowest BCUT2D eigenvalue weighted by molar-refractivity contribution is 0.00903. The Morgan fingerprint density at radius 1 is 1.05 bits per heavy atom. The summed E-state index contributed by atoms with van der Waals surface area (Å²) in [7, 11) is 0. The van der Waals surface area contributed by atoms with Crippen molar-refractivity contribution < 1.29 is 9.47 Å². The zero-order valence-electron chi connectivity index (χ0n) is 11.9. The summed E-state index contributed by atoms with van der Waals surface area (Å²) in [5.74, 6) is 1.32. The second-order valence-electron chi connectivity index (χ2n) is 5.81. The van der Waals surface area contributed by atoms with E-state index in [1.807, 2.05) is 0 Å². The van der Waals surface area contributed by atoms with Crippen molar-refractivity contribution in [3.8, 4) is 0 Å². The first-order valence-electron chi connectivity index (χ1n) is 7.34. The third-order valence-electron chi connectivity index (χ3n) is 4.39. The molecular weight excluding hydrogens is 294 g/mol. The van der Waals surface area contributed by atoms with Crippen molar-refractivity contribution in [3.63, 3.8) is 0 Å². The van der Waals surface area contributed by atoms with Gasteiger partial charge in [-0.2, -0.15) is 15.0 Å². The summed E-state index contributed by atoms with van der Waals surface area (Å²) < 4.78 is 11.0. The van der Waals surface area contributed by atoms with Gasteiger partial charge in [-0.3, -0.25) is 0 Å². The van der Waals surface area contributed by atoms with Gasteiger partial charge in [0.2, 0.25) is 17.2 Å². The third kappa shape index (κ3) is 2.33. The van der Waals surface area contributed by atoms with Gasteiger partial charge in [-0.15, -0.1) is 0 Å². The van der Waals surface area contributed by atoms with Gasteiger partial charge < -0.3 is 19.3 Å². The van der Waals surface area contributed by atoms with Gasteiger partial charge in [0.05, 0.1) is 44.6 Å². The van der Waals surface area contributed by atoms with E-state index in [0.29, 0.717) is 37.2 Å². The number of anilines is 2. The molecular formula is C13H18ClN5O2. The molecule has 0 saturated carbocycles. The zero-order valence-corrected chi connectivity index (χ0v) is 12.7. The minimum absolute atomic E-state index is 0.240. The maximum Gasteiger partial charge on any atom is 0.232 e. The number of hydrogen-bond donors (Lipinski definition) is 0. The highest BCUT2D eigenvalue weighted by Gasteiger charge is 2.44. The first-order chi connectivity index (χ1) is 10.2. The SMILES string of the molecule is C[C@@H]1COCCN1c1nc(Cl)nc(N2C3COCC2C3)n1. The minimum Gasteiger partial charge on any atom is -0.377 e. The van der Waals surface area contributed by atoms with E-state index in [2.05, 4.69) is 31.7 Å². The summed E-state index contributed by atoms with van der Waals surface area (Å²) in [6.07, 6.45) is 1.15. The van der Waals surface area contributed by atoms with Crippen molar-refractivity contribution in [2.24, 2.45) is 0 Å². The fourth-order valence-corrected chi connectivity index (χ4v) is 3.41. The second-order valence-corrected chi connectivity index (χ2v) is 6.15. The molecule has 3 fully saturated rings. The Balaban J connectivity index is 1.63. The summed E-state index contributed by atoms with van der Waals surface area (Å²) in [6, 6.07) is 0.985. The van der Waals surface area contributed by atoms with E-state index in [9.17, 15) is 0 Å². The smallest absolute Gasteiger partial charge is 0.232 e. The molecule has 0 amide bonds. The summed E-state index contributed by atoms with van der Waals surface area (Å²) in [4.78, 5) is 17.6. The molecule has 2 bridgehead atoms. The normalized spacial score (nSPS) is 32.0. The molecule has 0 spiro atoms. The van der Waals surface area contributed by atoms with Crippen LogP contribution in [-0.2, 0) is 9.47 Å². The van der Waals surface area contributed by atoms with E-state index >= 15 is 0 Å². The van der Waals surface area contributed by atoms with Crippen LogP contribution in [0.25, 0.3) is 0 Å². The van der Waals surface area contributed by atoms with Crippen LogP contribution in [0.1, 0.15) is 13.3 Å². The van der Waals surface area contributed by atoms with Crippen LogP contribution in [0.15, 0.2) is 0 Å². The van der Waals surface area contributed by atoms with E-state index < -0.39 is 0 Å². The van der Waals surface area contributed by atoms with Crippen molar-refractivity contribution >= 4 is 23.5 Å². The molecule has 3 saturated heterocycles. The van der Waals surface area contributed by atoms with Gasteiger partial charge in [0.15, 0.2) is 0 Å². The Morgan fingerprint density at radius 2 is 1.81 bits per heavy atom. The Labute approximate surface area is 128 Å². The Kier molecular flexibility index (Phi) is 3.35. The van der Waals surface area contributed by atoms with E-state index in [1.54, 1.807) is 0 Å². The topological polar surface area (TPSA) is 63.6 Å². The molecule has 1 aromatic heterocycles. The number of hydrogen-bond acceptors (Lipinski definition) is 7. The Morgan fingerprint density at radius 3 is 2.52 bits per heavy atom. The quantitative estimate of drug-likeness (QED) is 0.797. The number of aromatic nitrogens is 3. The Bertz CT molecular complexity index is 502. The molecule has 3 atom stereocenters. The maximum atomic E-state index is 6.12. The Hall–Kier alpha value is -1.18. The van der Waals surface area contributed by atoms with E-state index in [4.69, 9.17) is 21.1 Å². The molecule has 7 nitrogen and oxygen atoms in total. The lowest BCUT2D eigenvalue weighted by Gasteiger charge is -2.52. The van der Waals surface area contributed by atoms with Gasteiger partial charge in [-0.1, -0.05) is 0 Å². The summed E-state index contributed by atoms with van der Waals surface area (Å²) in [5.41, 5.74) is 0. The number of ether oxygens (including phenoxy) is 2. The van der Waals surface area contributed by atoms with Gasteiger partial charge in [-0.05, 0) is 24.9 Å². The average molecular weight is 312 g/mol. The highest BCUT2D eigenvalue weighted by atomic mass is 35.5. The predicted octanol–water partition coefficient (Wildman–Crippen LogP) is 0.728. The largest absolute Gasteiger partial charge is 0.377 e. The molecule has 1 aromatic rings. The molecule has 114 valence electrons. The molecule has 3 aliphatic rings. The van der Waals surface area contributed by atoms with Crippen molar-refractivity contribution in [2.45, 2.75) is 31.5 Å². The van der Waals surface area contributed by atoms with Gasteiger partial charge >= 0.3 is 0 Å². The summed E-state index contributed by atoms with van der Waals surface area (Å²) >= 11 is 6.12. The number of rotatable bonds is 2. The standard InChI is InChI=1S/C13H18ClN5O2/c1-8-5-20-3-2-18(8)12-15-11(14)16-13(17-12)19-9-4-10(19)7-21-6-9/h8-10H,2-7H2,1H3/t8-,9?,10?/m1/s1. The molecule has 0 N–H and O–H groups in total. The lowest BCUT2D eigenvalue weighted by Crippen LogP contribution is -2.64. The molecule has 8 heteroatoms. The van der Waals surface area contributed by atoms with Gasteiger partial charge in [0.1, 0.15) is 0 Å². The number of halogens is 1. The van der Waals surface area contributed by atoms with Crippen LogP contribution >= 0.6 is 11.6 Å². The molecule has 0 aliphatic carbocycles. The molecule has 0 aromatic carbocycles. The molecule has 3 aliphatic heterocycles. The molecule has 21 heavy (non-hydrogen) atoms. The van der Waals surface area contributed by atoms with Crippen molar-refractivity contribution in [3.05, 3.63) is 5.28 Å². The third-order valence-corrected chi connectivity index (χ3v) is 4.56. The van der Waals surface area contributed by atoms with E-state index in [-0.39, 0.29) is 11.3 Å². The number of morpholine rings is 2. The summed E-state index contributed by atoms with van der Waals surface area (Å²) in [5, 5.41) is 0.250. The van der Waals surface area contributed by atoms with Crippen molar-refractivity contribution in [1.29, 1.82) is 0 Å². The van der Waals surface area contributed by atoms with E-state index in [1.165, 1.54) is 0 Å². The first kappa shape index (κ1) is 13.5. The fourth-order valence-electron chi connectivity index (χ4n) is 3.26. The highest BCUT2D eigenvalue weighted by Crippen LogP contribution is 2.35. The van der Waals surface area contributed by atoms with Crippen LogP contribution in [0.5, 0.6) is 0 Å². The van der Waals surface area contributed by atoms with Gasteiger partial charge in [0, 0.05) is 6.54 Å². The minimum atomic E-state index is 0.240. The molecule has 4 rings (SSSR count). The van der Waals surface area contributed by atoms with Crippen LogP contribution in [0.3, 0.4) is 0 Å². The second kappa shape index (κ2) is 5.23. The van der Waals surface area contributed by atoms with Crippen LogP contribution in [-0.4, -0.2) is 66.0 Å². The first-order valence-corrected chi connectivity index (χ1v) is 7.72. The van der Waals surface area contributed by atoms with Gasteiger partial charge in [-0.25, -0.2) is 0 Å². The summed E-state index contributed by atoms with van der Waals surface area (Å²) in [6.45, 7) is 5.72. The molecule has 0 radical (unpaired) electrons. The van der Waals surface area contributed by atoms with Crippen molar-refractivity contribution in [1.82, 2.24) is 15.0 Å². The van der Waals surface area contributed by atoms with Crippen LogP contribution < -0.4 is 9.80 Å². The van der Waals surface area contributed by atoms with Crippen LogP contribution in [0.4, 0.5) is 11.9 Å². The monoisotopic (exact) mass is 311 g/mol. The molecule has 4 heterocycles.